The Morgan fingerprint density at radius 2 is 2.25 bits per heavy atom. The highest BCUT2D eigenvalue weighted by atomic mass is 19.1. The Bertz CT molecular complexity index is 368. The van der Waals surface area contributed by atoms with Crippen LogP contribution in [0.2, 0.25) is 0 Å². The molecular formula is C10H6FN. The lowest BCUT2D eigenvalue weighted by molar-refractivity contribution is 0.627. The van der Waals surface area contributed by atoms with Gasteiger partial charge in [0.05, 0.1) is 12.5 Å². The van der Waals surface area contributed by atoms with E-state index >= 15 is 0 Å². The Morgan fingerprint density at radius 1 is 1.50 bits per heavy atom. The molecule has 58 valence electrons. The van der Waals surface area contributed by atoms with Crippen molar-refractivity contribution in [3.8, 4) is 18.4 Å². The molecule has 0 fully saturated rings. The molecule has 1 nitrogen and oxygen atoms in total. The zero-order valence-corrected chi connectivity index (χ0v) is 6.34. The maximum atomic E-state index is 12.6. The van der Waals surface area contributed by atoms with Crippen molar-refractivity contribution in [1.29, 1.82) is 5.26 Å². The maximum Gasteiger partial charge on any atom is 0.124 e. The van der Waals surface area contributed by atoms with Crippen LogP contribution in [0.3, 0.4) is 0 Å². The van der Waals surface area contributed by atoms with Crippen molar-refractivity contribution in [3.05, 3.63) is 35.1 Å². The third kappa shape index (κ3) is 1.62. The van der Waals surface area contributed by atoms with Crippen LogP contribution in [0.15, 0.2) is 18.2 Å². The number of rotatable bonds is 1. The SMILES string of the molecule is C#Cc1cc(F)ccc1CC#N. The summed E-state index contributed by atoms with van der Waals surface area (Å²) in [7, 11) is 0. The van der Waals surface area contributed by atoms with Crippen LogP contribution in [-0.2, 0) is 6.42 Å². The van der Waals surface area contributed by atoms with E-state index < -0.39 is 0 Å². The van der Waals surface area contributed by atoms with Gasteiger partial charge < -0.3 is 0 Å². The van der Waals surface area contributed by atoms with Crippen molar-refractivity contribution in [1.82, 2.24) is 0 Å². The molecule has 0 aromatic heterocycles. The normalized spacial score (nSPS) is 8.58. The molecule has 0 aliphatic rings. The molecule has 0 bridgehead atoms. The Labute approximate surface area is 70.4 Å². The Balaban J connectivity index is 3.15. The van der Waals surface area contributed by atoms with Gasteiger partial charge in [-0.3, -0.25) is 0 Å². The van der Waals surface area contributed by atoms with Crippen molar-refractivity contribution in [3.63, 3.8) is 0 Å². The van der Waals surface area contributed by atoms with E-state index in [0.717, 1.165) is 0 Å². The number of hydrogen-bond donors (Lipinski definition) is 0. The minimum absolute atomic E-state index is 0.222. The van der Waals surface area contributed by atoms with Gasteiger partial charge in [0.25, 0.3) is 0 Å². The topological polar surface area (TPSA) is 23.8 Å². The predicted octanol–water partition coefficient (Wildman–Crippen LogP) is 1.87. The van der Waals surface area contributed by atoms with Crippen molar-refractivity contribution in [2.75, 3.05) is 0 Å². The van der Waals surface area contributed by atoms with Crippen LogP contribution in [0, 0.1) is 29.5 Å². The van der Waals surface area contributed by atoms with E-state index in [-0.39, 0.29) is 12.2 Å². The van der Waals surface area contributed by atoms with E-state index in [2.05, 4.69) is 5.92 Å². The van der Waals surface area contributed by atoms with Crippen LogP contribution in [0.25, 0.3) is 0 Å². The van der Waals surface area contributed by atoms with Gasteiger partial charge in [-0.1, -0.05) is 12.0 Å². The lowest BCUT2D eigenvalue weighted by Crippen LogP contribution is -1.89. The summed E-state index contributed by atoms with van der Waals surface area (Å²) in [5.74, 6) is 1.96. The molecule has 0 atom stereocenters. The lowest BCUT2D eigenvalue weighted by atomic mass is 10.1. The molecule has 0 spiro atoms. The van der Waals surface area contributed by atoms with Gasteiger partial charge in [-0.05, 0) is 17.7 Å². The molecular weight excluding hydrogens is 153 g/mol. The van der Waals surface area contributed by atoms with Gasteiger partial charge in [0.1, 0.15) is 5.82 Å². The molecule has 1 aromatic carbocycles. The van der Waals surface area contributed by atoms with E-state index in [4.69, 9.17) is 11.7 Å². The first-order chi connectivity index (χ1) is 5.77. The zero-order valence-electron chi connectivity index (χ0n) is 6.34. The number of nitriles is 1. The van der Waals surface area contributed by atoms with E-state index in [1.54, 1.807) is 0 Å². The van der Waals surface area contributed by atoms with Crippen LogP contribution in [0.1, 0.15) is 11.1 Å². The average Bonchev–Trinajstić information content (AvgIpc) is 2.08. The summed E-state index contributed by atoms with van der Waals surface area (Å²) < 4.78 is 12.6. The molecule has 0 amide bonds. The molecule has 12 heavy (non-hydrogen) atoms. The lowest BCUT2D eigenvalue weighted by Gasteiger charge is -1.98. The molecule has 0 aliphatic carbocycles. The Morgan fingerprint density at radius 3 is 2.83 bits per heavy atom. The Kier molecular flexibility index (Phi) is 2.46. The van der Waals surface area contributed by atoms with Gasteiger partial charge >= 0.3 is 0 Å². The van der Waals surface area contributed by atoms with Crippen LogP contribution in [0.5, 0.6) is 0 Å². The highest BCUT2D eigenvalue weighted by Gasteiger charge is 2.00. The van der Waals surface area contributed by atoms with Crippen molar-refractivity contribution in [2.45, 2.75) is 6.42 Å². The van der Waals surface area contributed by atoms with Crippen LogP contribution >= 0.6 is 0 Å². The number of terminal acetylenes is 1. The minimum Gasteiger partial charge on any atom is -0.207 e. The second-order valence-corrected chi connectivity index (χ2v) is 2.28. The third-order valence-corrected chi connectivity index (χ3v) is 1.50. The molecule has 0 saturated heterocycles. The average molecular weight is 159 g/mol. The largest absolute Gasteiger partial charge is 0.207 e. The van der Waals surface area contributed by atoms with Gasteiger partial charge in [0.15, 0.2) is 0 Å². The summed E-state index contributed by atoms with van der Waals surface area (Å²) in [5, 5.41) is 8.40. The fourth-order valence-corrected chi connectivity index (χ4v) is 0.922. The van der Waals surface area contributed by atoms with Gasteiger partial charge in [0.2, 0.25) is 0 Å². The molecule has 0 unspecified atom stereocenters. The summed E-state index contributed by atoms with van der Waals surface area (Å²) >= 11 is 0. The summed E-state index contributed by atoms with van der Waals surface area (Å²) in [4.78, 5) is 0. The first-order valence-electron chi connectivity index (χ1n) is 3.40. The van der Waals surface area contributed by atoms with E-state index in [1.807, 2.05) is 6.07 Å². The Hall–Kier alpha value is -1.80. The molecule has 0 aliphatic heterocycles. The fourth-order valence-electron chi connectivity index (χ4n) is 0.922. The van der Waals surface area contributed by atoms with Crippen molar-refractivity contribution < 1.29 is 4.39 Å². The van der Waals surface area contributed by atoms with Crippen LogP contribution in [0.4, 0.5) is 4.39 Å². The van der Waals surface area contributed by atoms with Gasteiger partial charge in [-0.15, -0.1) is 6.42 Å². The monoisotopic (exact) mass is 159 g/mol. The summed E-state index contributed by atoms with van der Waals surface area (Å²) in [5.41, 5.74) is 1.15. The number of hydrogen-bond acceptors (Lipinski definition) is 1. The number of halogens is 1. The molecule has 0 heterocycles. The van der Waals surface area contributed by atoms with E-state index in [0.29, 0.717) is 11.1 Å². The fraction of sp³-hybridized carbons (Fsp3) is 0.100. The predicted molar refractivity (Wildman–Crippen MR) is 43.7 cm³/mol. The van der Waals surface area contributed by atoms with Crippen molar-refractivity contribution >= 4 is 0 Å². The van der Waals surface area contributed by atoms with Crippen LogP contribution < -0.4 is 0 Å². The van der Waals surface area contributed by atoms with Gasteiger partial charge in [-0.25, -0.2) is 4.39 Å². The molecule has 1 aromatic rings. The van der Waals surface area contributed by atoms with Crippen molar-refractivity contribution in [2.24, 2.45) is 0 Å². The zero-order chi connectivity index (χ0) is 8.97. The highest BCUT2D eigenvalue weighted by Crippen LogP contribution is 2.10. The first-order valence-corrected chi connectivity index (χ1v) is 3.40. The quantitative estimate of drug-likeness (QED) is 0.574. The summed E-state index contributed by atoms with van der Waals surface area (Å²) in [6, 6.07) is 6.05. The molecule has 0 radical (unpaired) electrons. The standard InChI is InChI=1S/C10H6FN/c1-2-8-7-10(11)4-3-9(8)5-6-12/h1,3-4,7H,5H2. The second kappa shape index (κ2) is 3.55. The maximum absolute atomic E-state index is 12.6. The van der Waals surface area contributed by atoms with E-state index in [1.165, 1.54) is 18.2 Å². The molecule has 0 N–H and O–H groups in total. The summed E-state index contributed by atoms with van der Waals surface area (Å²) in [6.45, 7) is 0. The first kappa shape index (κ1) is 8.30. The van der Waals surface area contributed by atoms with Gasteiger partial charge in [-0.2, -0.15) is 5.26 Å². The van der Waals surface area contributed by atoms with Gasteiger partial charge in [0, 0.05) is 5.56 Å². The molecule has 1 rings (SSSR count). The minimum atomic E-state index is -0.371. The number of benzene rings is 1. The smallest absolute Gasteiger partial charge is 0.124 e. The molecule has 0 saturated carbocycles. The highest BCUT2D eigenvalue weighted by molar-refractivity contribution is 5.41. The van der Waals surface area contributed by atoms with Crippen LogP contribution in [-0.4, -0.2) is 0 Å². The summed E-state index contributed by atoms with van der Waals surface area (Å²) in [6.07, 6.45) is 5.35. The number of nitrogens with zero attached hydrogens (tertiary/aromatic N) is 1. The molecule has 2 heteroatoms. The second-order valence-electron chi connectivity index (χ2n) is 2.28. The van der Waals surface area contributed by atoms with E-state index in [9.17, 15) is 4.39 Å². The third-order valence-electron chi connectivity index (χ3n) is 1.50.